The third kappa shape index (κ3) is 2.32. The van der Waals surface area contributed by atoms with Crippen LogP contribution in [-0.4, -0.2) is 24.9 Å². The molecule has 5 heteroatoms. The molecule has 3 nitrogen and oxygen atoms in total. The highest BCUT2D eigenvalue weighted by Crippen LogP contribution is 2.40. The summed E-state index contributed by atoms with van der Waals surface area (Å²) < 4.78 is 31.6. The number of hydrogen-bond acceptors (Lipinski definition) is 3. The van der Waals surface area contributed by atoms with Gasteiger partial charge in [0.1, 0.15) is 5.82 Å². The van der Waals surface area contributed by atoms with Crippen molar-refractivity contribution in [3.8, 4) is 0 Å². The van der Waals surface area contributed by atoms with E-state index in [0.717, 1.165) is 24.1 Å². The quantitative estimate of drug-likeness (QED) is 0.784. The second-order valence-corrected chi connectivity index (χ2v) is 7.15. The molecule has 0 aliphatic carbocycles. The predicted molar refractivity (Wildman–Crippen MR) is 80.0 cm³/mol. The maximum absolute atomic E-state index is 13.7. The summed E-state index contributed by atoms with van der Waals surface area (Å²) in [6.07, 6.45) is 0.922. The van der Waals surface area contributed by atoms with Crippen molar-refractivity contribution in [2.24, 2.45) is 0 Å². The van der Waals surface area contributed by atoms with Gasteiger partial charge in [0.15, 0.2) is 0 Å². The fourth-order valence-corrected chi connectivity index (χ4v) is 2.80. The van der Waals surface area contributed by atoms with Crippen LogP contribution in [0.25, 0.3) is 0 Å². The zero-order valence-electron chi connectivity index (χ0n) is 13.3. The predicted octanol–water partition coefficient (Wildman–Crippen LogP) is 2.76. The highest BCUT2D eigenvalue weighted by Gasteiger charge is 2.53. The molecule has 0 spiro atoms. The van der Waals surface area contributed by atoms with E-state index in [-0.39, 0.29) is 11.4 Å². The first kappa shape index (κ1) is 15.0. The van der Waals surface area contributed by atoms with E-state index in [0.29, 0.717) is 0 Å². The van der Waals surface area contributed by atoms with E-state index in [2.05, 4.69) is 0 Å². The molecule has 21 heavy (non-hydrogen) atoms. The summed E-state index contributed by atoms with van der Waals surface area (Å²) in [5, 5.41) is 0. The molecule has 1 unspecified atom stereocenters. The molecule has 2 aliphatic heterocycles. The highest BCUT2D eigenvalue weighted by atomic mass is 19.1. The van der Waals surface area contributed by atoms with E-state index in [1.807, 2.05) is 34.6 Å². The minimum absolute atomic E-state index is 0.286. The molecular weight excluding hydrogens is 270 g/mol. The summed E-state index contributed by atoms with van der Waals surface area (Å²) in [6, 6.07) is 4.76. The van der Waals surface area contributed by atoms with Gasteiger partial charge in [0.25, 0.3) is 0 Å². The highest BCUT2D eigenvalue weighted by molar-refractivity contribution is 6.62. The normalized spacial score (nSPS) is 30.3. The molecule has 0 amide bonds. The number of halogens is 1. The van der Waals surface area contributed by atoms with Crippen molar-refractivity contribution >= 4 is 12.6 Å². The molecule has 3 rings (SSSR count). The summed E-state index contributed by atoms with van der Waals surface area (Å²) in [5.74, 6) is -0.286. The van der Waals surface area contributed by atoms with Crippen LogP contribution in [0.4, 0.5) is 4.39 Å². The lowest BCUT2D eigenvalue weighted by atomic mass is 9.70. The molecule has 1 atom stereocenters. The maximum Gasteiger partial charge on any atom is 0.495 e. The SMILES string of the molecule is CC1(c2ccc(F)cc2B2OC(C)(C)C(C)(C)O2)CCO1. The molecule has 0 bridgehead atoms. The van der Waals surface area contributed by atoms with E-state index in [9.17, 15) is 4.39 Å². The van der Waals surface area contributed by atoms with E-state index in [1.165, 1.54) is 12.1 Å². The molecule has 0 saturated carbocycles. The van der Waals surface area contributed by atoms with Crippen LogP contribution >= 0.6 is 0 Å². The fraction of sp³-hybridized carbons (Fsp3) is 0.625. The smallest absolute Gasteiger partial charge is 0.399 e. The van der Waals surface area contributed by atoms with E-state index < -0.39 is 18.3 Å². The second-order valence-electron chi connectivity index (χ2n) is 7.15. The minimum Gasteiger partial charge on any atom is -0.399 e. The Hall–Kier alpha value is -0.905. The molecular formula is C16H22BFO3. The van der Waals surface area contributed by atoms with Crippen LogP contribution in [0, 0.1) is 5.82 Å². The van der Waals surface area contributed by atoms with Gasteiger partial charge in [-0.15, -0.1) is 0 Å². The minimum atomic E-state index is -0.568. The van der Waals surface area contributed by atoms with Gasteiger partial charge in [0.05, 0.1) is 23.4 Å². The molecule has 2 saturated heterocycles. The molecule has 0 N–H and O–H groups in total. The van der Waals surface area contributed by atoms with Crippen molar-refractivity contribution < 1.29 is 18.4 Å². The summed E-state index contributed by atoms with van der Waals surface area (Å²) >= 11 is 0. The van der Waals surface area contributed by atoms with Crippen LogP contribution < -0.4 is 5.46 Å². The topological polar surface area (TPSA) is 27.7 Å². The first-order valence-corrected chi connectivity index (χ1v) is 7.44. The van der Waals surface area contributed by atoms with Crippen LogP contribution in [-0.2, 0) is 19.6 Å². The summed E-state index contributed by atoms with van der Waals surface area (Å²) in [7, 11) is -0.568. The van der Waals surface area contributed by atoms with Crippen molar-refractivity contribution in [1.82, 2.24) is 0 Å². The lowest BCUT2D eigenvalue weighted by Crippen LogP contribution is -2.46. The van der Waals surface area contributed by atoms with Crippen LogP contribution in [0.1, 0.15) is 46.6 Å². The number of benzene rings is 1. The van der Waals surface area contributed by atoms with Crippen LogP contribution in [0.15, 0.2) is 18.2 Å². The Morgan fingerprint density at radius 2 is 1.62 bits per heavy atom. The van der Waals surface area contributed by atoms with Gasteiger partial charge in [-0.2, -0.15) is 0 Å². The Kier molecular flexibility index (Phi) is 3.25. The molecule has 2 aliphatic rings. The van der Waals surface area contributed by atoms with Crippen molar-refractivity contribution in [3.63, 3.8) is 0 Å². The molecule has 114 valence electrons. The Bertz CT molecular complexity index is 551. The Balaban J connectivity index is 2.01. The third-order valence-corrected chi connectivity index (χ3v) is 5.09. The lowest BCUT2D eigenvalue weighted by molar-refractivity contribution is -0.140. The monoisotopic (exact) mass is 292 g/mol. The average molecular weight is 292 g/mol. The van der Waals surface area contributed by atoms with Gasteiger partial charge < -0.3 is 14.0 Å². The summed E-state index contributed by atoms with van der Waals surface area (Å²) in [5.41, 5.74) is 0.433. The van der Waals surface area contributed by atoms with E-state index in [4.69, 9.17) is 14.0 Å². The average Bonchev–Trinajstić information content (AvgIpc) is 2.55. The van der Waals surface area contributed by atoms with Crippen LogP contribution in [0.5, 0.6) is 0 Å². The summed E-state index contributed by atoms with van der Waals surface area (Å²) in [4.78, 5) is 0. The van der Waals surface area contributed by atoms with Crippen molar-refractivity contribution in [2.75, 3.05) is 6.61 Å². The molecule has 0 radical (unpaired) electrons. The van der Waals surface area contributed by atoms with E-state index in [1.54, 1.807) is 6.07 Å². The van der Waals surface area contributed by atoms with Crippen molar-refractivity contribution in [1.29, 1.82) is 0 Å². The van der Waals surface area contributed by atoms with Gasteiger partial charge >= 0.3 is 7.12 Å². The molecule has 2 fully saturated rings. The van der Waals surface area contributed by atoms with Crippen LogP contribution in [0.3, 0.4) is 0 Å². The van der Waals surface area contributed by atoms with Gasteiger partial charge in [0.2, 0.25) is 0 Å². The van der Waals surface area contributed by atoms with Crippen LogP contribution in [0.2, 0.25) is 0 Å². The number of ether oxygens (including phenoxy) is 1. The Morgan fingerprint density at radius 3 is 2.10 bits per heavy atom. The second kappa shape index (κ2) is 4.54. The van der Waals surface area contributed by atoms with Gasteiger partial charge in [0, 0.05) is 6.42 Å². The zero-order valence-corrected chi connectivity index (χ0v) is 13.3. The van der Waals surface area contributed by atoms with E-state index >= 15 is 0 Å². The maximum atomic E-state index is 13.7. The number of rotatable bonds is 2. The Labute approximate surface area is 125 Å². The van der Waals surface area contributed by atoms with Crippen molar-refractivity contribution in [2.45, 2.75) is 57.8 Å². The fourth-order valence-electron chi connectivity index (χ4n) is 2.80. The molecule has 2 heterocycles. The Morgan fingerprint density at radius 1 is 1.05 bits per heavy atom. The van der Waals surface area contributed by atoms with Gasteiger partial charge in [-0.3, -0.25) is 0 Å². The third-order valence-electron chi connectivity index (χ3n) is 5.09. The summed E-state index contributed by atoms with van der Waals surface area (Å²) in [6.45, 7) is 10.7. The first-order valence-electron chi connectivity index (χ1n) is 7.44. The zero-order chi connectivity index (χ0) is 15.5. The lowest BCUT2D eigenvalue weighted by Gasteiger charge is -2.40. The standard InChI is InChI=1S/C16H22BFO3/c1-14(2)15(3,4)21-17(20-14)13-10-11(18)6-7-12(13)16(5)8-9-19-16/h6-7,10H,8-9H2,1-5H3. The van der Waals surface area contributed by atoms with Gasteiger partial charge in [-0.05, 0) is 57.8 Å². The molecule has 1 aromatic rings. The molecule has 1 aromatic carbocycles. The first-order chi connectivity index (χ1) is 9.65. The van der Waals surface area contributed by atoms with Gasteiger partial charge in [-0.25, -0.2) is 4.39 Å². The molecule has 0 aromatic heterocycles. The number of hydrogen-bond donors (Lipinski definition) is 0. The van der Waals surface area contributed by atoms with Gasteiger partial charge in [-0.1, -0.05) is 6.07 Å². The van der Waals surface area contributed by atoms with Crippen molar-refractivity contribution in [3.05, 3.63) is 29.6 Å². The largest absolute Gasteiger partial charge is 0.495 e.